The van der Waals surface area contributed by atoms with Crippen molar-refractivity contribution in [1.82, 2.24) is 10.3 Å². The molecule has 0 spiro atoms. The van der Waals surface area contributed by atoms with Crippen molar-refractivity contribution in [3.05, 3.63) is 54.1 Å². The van der Waals surface area contributed by atoms with Gasteiger partial charge in [-0.3, -0.25) is 9.59 Å². The van der Waals surface area contributed by atoms with Gasteiger partial charge < -0.3 is 10.6 Å². The van der Waals surface area contributed by atoms with Crippen LogP contribution in [0.5, 0.6) is 0 Å². The van der Waals surface area contributed by atoms with E-state index in [1.165, 1.54) is 11.8 Å². The second-order valence-corrected chi connectivity index (χ2v) is 8.21. The number of carbonyl (C=O) groups is 2. The molecule has 0 fully saturated rings. The number of thiazole rings is 1. The largest absolute Gasteiger partial charge is 0.350 e. The lowest BCUT2D eigenvalue weighted by molar-refractivity contribution is -0.113. The number of para-hydroxylation sites is 2. The third-order valence-electron chi connectivity index (χ3n) is 3.47. The number of hydrogen-bond donors (Lipinski definition) is 2. The third kappa shape index (κ3) is 4.62. The van der Waals surface area contributed by atoms with Gasteiger partial charge in [-0.05, 0) is 38.1 Å². The Morgan fingerprint density at radius 2 is 1.85 bits per heavy atom. The molecule has 0 aliphatic rings. The Morgan fingerprint density at radius 3 is 2.62 bits per heavy atom. The number of fused-ring (bicyclic) bond motifs is 1. The zero-order valence-electron chi connectivity index (χ0n) is 14.5. The first kappa shape index (κ1) is 18.4. The molecule has 2 amide bonds. The Kier molecular flexibility index (Phi) is 5.90. The van der Waals surface area contributed by atoms with E-state index in [0.717, 1.165) is 14.6 Å². The molecule has 3 aromatic rings. The summed E-state index contributed by atoms with van der Waals surface area (Å²) in [6.45, 7) is 3.79. The minimum Gasteiger partial charge on any atom is -0.350 e. The molecule has 1 heterocycles. The Balaban J connectivity index is 1.64. The van der Waals surface area contributed by atoms with E-state index in [4.69, 9.17) is 0 Å². The topological polar surface area (TPSA) is 71.1 Å². The van der Waals surface area contributed by atoms with Crippen LogP contribution in [0.2, 0.25) is 0 Å². The van der Waals surface area contributed by atoms with Gasteiger partial charge in [-0.25, -0.2) is 4.98 Å². The average molecular weight is 386 g/mol. The van der Waals surface area contributed by atoms with E-state index in [2.05, 4.69) is 15.6 Å². The summed E-state index contributed by atoms with van der Waals surface area (Å²) in [6, 6.07) is 14.9. The number of aromatic nitrogens is 1. The van der Waals surface area contributed by atoms with Gasteiger partial charge in [-0.1, -0.05) is 36.0 Å². The van der Waals surface area contributed by atoms with Crippen molar-refractivity contribution in [3.8, 4) is 0 Å². The monoisotopic (exact) mass is 385 g/mol. The van der Waals surface area contributed by atoms with Gasteiger partial charge in [0.1, 0.15) is 0 Å². The minimum atomic E-state index is -0.199. The van der Waals surface area contributed by atoms with Gasteiger partial charge in [0.15, 0.2) is 4.34 Å². The molecule has 2 N–H and O–H groups in total. The number of hydrogen-bond acceptors (Lipinski definition) is 5. The van der Waals surface area contributed by atoms with Gasteiger partial charge >= 0.3 is 0 Å². The summed E-state index contributed by atoms with van der Waals surface area (Å²) < 4.78 is 1.96. The zero-order chi connectivity index (χ0) is 18.5. The van der Waals surface area contributed by atoms with Crippen LogP contribution in [-0.4, -0.2) is 28.6 Å². The van der Waals surface area contributed by atoms with Crippen molar-refractivity contribution in [3.63, 3.8) is 0 Å². The van der Waals surface area contributed by atoms with Crippen molar-refractivity contribution in [2.45, 2.75) is 24.2 Å². The number of anilines is 1. The molecule has 3 rings (SSSR count). The standard InChI is InChI=1S/C19H19N3O2S2/c1-12(2)20-18(24)13-7-3-4-8-14(13)21-17(23)11-25-19-22-15-9-5-6-10-16(15)26-19/h3-10,12H,11H2,1-2H3,(H,20,24)(H,21,23). The molecule has 134 valence electrons. The van der Waals surface area contributed by atoms with E-state index in [0.29, 0.717) is 11.3 Å². The Bertz CT molecular complexity index is 904. The van der Waals surface area contributed by atoms with Gasteiger partial charge in [0, 0.05) is 6.04 Å². The lowest BCUT2D eigenvalue weighted by atomic mass is 10.1. The summed E-state index contributed by atoms with van der Waals surface area (Å²) in [5.74, 6) is -0.131. The highest BCUT2D eigenvalue weighted by atomic mass is 32.2. The molecule has 0 atom stereocenters. The van der Waals surface area contributed by atoms with Gasteiger partial charge in [0.2, 0.25) is 5.91 Å². The van der Waals surface area contributed by atoms with Gasteiger partial charge in [0.05, 0.1) is 27.2 Å². The van der Waals surface area contributed by atoms with Crippen molar-refractivity contribution in [2.75, 3.05) is 11.1 Å². The summed E-state index contributed by atoms with van der Waals surface area (Å²) in [7, 11) is 0. The van der Waals surface area contributed by atoms with Crippen molar-refractivity contribution >= 4 is 50.8 Å². The first-order chi connectivity index (χ1) is 12.5. The highest BCUT2D eigenvalue weighted by molar-refractivity contribution is 8.01. The zero-order valence-corrected chi connectivity index (χ0v) is 16.1. The Morgan fingerprint density at radius 1 is 1.12 bits per heavy atom. The fourth-order valence-corrected chi connectivity index (χ4v) is 4.22. The van der Waals surface area contributed by atoms with Crippen LogP contribution in [0.25, 0.3) is 10.2 Å². The molecular formula is C19H19N3O2S2. The predicted octanol–water partition coefficient (Wildman–Crippen LogP) is 4.17. The molecule has 0 aliphatic heterocycles. The lowest BCUT2D eigenvalue weighted by Gasteiger charge is -2.12. The number of carbonyl (C=O) groups excluding carboxylic acids is 2. The van der Waals surface area contributed by atoms with Crippen LogP contribution < -0.4 is 10.6 Å². The molecule has 26 heavy (non-hydrogen) atoms. The number of nitrogens with one attached hydrogen (secondary N) is 2. The smallest absolute Gasteiger partial charge is 0.253 e. The molecule has 0 saturated carbocycles. The van der Waals surface area contributed by atoms with Crippen LogP contribution in [0, 0.1) is 0 Å². The van der Waals surface area contributed by atoms with Crippen LogP contribution in [0.15, 0.2) is 52.9 Å². The van der Waals surface area contributed by atoms with Crippen LogP contribution in [0.3, 0.4) is 0 Å². The van der Waals surface area contributed by atoms with E-state index in [1.807, 2.05) is 38.1 Å². The van der Waals surface area contributed by atoms with E-state index < -0.39 is 0 Å². The fraction of sp³-hybridized carbons (Fsp3) is 0.211. The molecule has 0 saturated heterocycles. The molecule has 0 unspecified atom stereocenters. The first-order valence-electron chi connectivity index (χ1n) is 8.21. The summed E-state index contributed by atoms with van der Waals surface area (Å²) in [4.78, 5) is 29.1. The quantitative estimate of drug-likeness (QED) is 0.625. The molecule has 7 heteroatoms. The maximum absolute atomic E-state index is 12.3. The number of rotatable bonds is 6. The average Bonchev–Trinajstić information content (AvgIpc) is 3.03. The molecule has 0 aliphatic carbocycles. The Labute approximate surface area is 160 Å². The van der Waals surface area contributed by atoms with Crippen molar-refractivity contribution < 1.29 is 9.59 Å². The molecule has 0 bridgehead atoms. The summed E-state index contributed by atoms with van der Waals surface area (Å²) in [6.07, 6.45) is 0. The summed E-state index contributed by atoms with van der Waals surface area (Å²) in [5.41, 5.74) is 1.91. The Hall–Kier alpha value is -2.38. The van der Waals surface area contributed by atoms with E-state index >= 15 is 0 Å². The van der Waals surface area contributed by atoms with E-state index in [1.54, 1.807) is 35.6 Å². The molecule has 0 radical (unpaired) electrons. The maximum Gasteiger partial charge on any atom is 0.253 e. The van der Waals surface area contributed by atoms with E-state index in [-0.39, 0.29) is 23.6 Å². The molecular weight excluding hydrogens is 366 g/mol. The van der Waals surface area contributed by atoms with Gasteiger partial charge in [0.25, 0.3) is 5.91 Å². The lowest BCUT2D eigenvalue weighted by Crippen LogP contribution is -2.31. The van der Waals surface area contributed by atoms with Crippen LogP contribution in [-0.2, 0) is 4.79 Å². The maximum atomic E-state index is 12.3. The number of thioether (sulfide) groups is 1. The summed E-state index contributed by atoms with van der Waals surface area (Å²) >= 11 is 2.96. The van der Waals surface area contributed by atoms with Crippen LogP contribution in [0.1, 0.15) is 24.2 Å². The van der Waals surface area contributed by atoms with Gasteiger partial charge in [-0.2, -0.15) is 0 Å². The van der Waals surface area contributed by atoms with Crippen LogP contribution >= 0.6 is 23.1 Å². The normalized spacial score (nSPS) is 10.9. The van der Waals surface area contributed by atoms with Crippen LogP contribution in [0.4, 0.5) is 5.69 Å². The SMILES string of the molecule is CC(C)NC(=O)c1ccccc1NC(=O)CSc1nc2ccccc2s1. The molecule has 5 nitrogen and oxygen atoms in total. The fourth-order valence-electron chi connectivity index (χ4n) is 2.36. The van der Waals surface area contributed by atoms with Gasteiger partial charge in [-0.15, -0.1) is 11.3 Å². The highest BCUT2D eigenvalue weighted by Crippen LogP contribution is 2.29. The number of amides is 2. The molecule has 2 aromatic carbocycles. The van der Waals surface area contributed by atoms with Crippen molar-refractivity contribution in [1.29, 1.82) is 0 Å². The van der Waals surface area contributed by atoms with E-state index in [9.17, 15) is 9.59 Å². The third-order valence-corrected chi connectivity index (χ3v) is 5.65. The number of nitrogens with zero attached hydrogens (tertiary/aromatic N) is 1. The van der Waals surface area contributed by atoms with Crippen molar-refractivity contribution in [2.24, 2.45) is 0 Å². The first-order valence-corrected chi connectivity index (χ1v) is 10.0. The summed E-state index contributed by atoms with van der Waals surface area (Å²) in [5, 5.41) is 5.67. The second-order valence-electron chi connectivity index (χ2n) is 5.96. The predicted molar refractivity (Wildman–Crippen MR) is 108 cm³/mol. The second kappa shape index (κ2) is 8.33. The molecule has 1 aromatic heterocycles. The highest BCUT2D eigenvalue weighted by Gasteiger charge is 2.14. The number of benzene rings is 2. The minimum absolute atomic E-state index is 0.0286.